The maximum Gasteiger partial charge on any atom is 0.108 e. The Labute approximate surface area is 64.2 Å². The van der Waals surface area contributed by atoms with Crippen LogP contribution in [0.5, 0.6) is 0 Å². The number of nitroso groups, excluding NO2 is 1. The van der Waals surface area contributed by atoms with Crippen LogP contribution in [0.1, 0.15) is 11.1 Å². The average Bonchev–Trinajstić information content (AvgIpc) is 2.04. The first kappa shape index (κ1) is 7.42. The predicted molar refractivity (Wildman–Crippen MR) is 41.3 cm³/mol. The van der Waals surface area contributed by atoms with Gasteiger partial charge in [0, 0.05) is 0 Å². The first-order valence-electron chi connectivity index (χ1n) is 3.12. The predicted octanol–water partition coefficient (Wildman–Crippen LogP) is 2.26. The highest BCUT2D eigenvalue weighted by atomic mass is 16.3. The highest BCUT2D eigenvalue weighted by Crippen LogP contribution is 2.16. The molecule has 0 N–H and O–H groups in total. The monoisotopic (exact) mass is 146 g/mol. The van der Waals surface area contributed by atoms with Gasteiger partial charge in [0.05, 0.1) is 11.6 Å². The Morgan fingerprint density at radius 1 is 1.55 bits per heavy atom. The van der Waals surface area contributed by atoms with E-state index in [-0.39, 0.29) is 0 Å². The Kier molecular flexibility index (Phi) is 1.98. The van der Waals surface area contributed by atoms with E-state index in [9.17, 15) is 4.91 Å². The normalized spacial score (nSPS) is 8.73. The standard InChI is InChI=1S/C8H6N2O/c1-6-4-8(10-11)3-2-7(6)5-9/h2-4H,1H3. The van der Waals surface area contributed by atoms with Crippen molar-refractivity contribution in [3.63, 3.8) is 0 Å². The molecule has 0 aliphatic carbocycles. The third-order valence-corrected chi connectivity index (χ3v) is 1.44. The number of aryl methyl sites for hydroxylation is 1. The van der Waals surface area contributed by atoms with Crippen molar-refractivity contribution in [2.24, 2.45) is 5.18 Å². The van der Waals surface area contributed by atoms with Crippen molar-refractivity contribution in [3.8, 4) is 6.07 Å². The van der Waals surface area contributed by atoms with E-state index >= 15 is 0 Å². The van der Waals surface area contributed by atoms with Crippen LogP contribution in [0.15, 0.2) is 23.4 Å². The van der Waals surface area contributed by atoms with E-state index in [0.29, 0.717) is 11.3 Å². The molecule has 0 aromatic heterocycles. The molecule has 1 aromatic carbocycles. The SMILES string of the molecule is Cc1cc(N=O)ccc1C#N. The van der Waals surface area contributed by atoms with Crippen molar-refractivity contribution >= 4 is 5.69 Å². The van der Waals surface area contributed by atoms with Crippen LogP contribution in [0.3, 0.4) is 0 Å². The lowest BCUT2D eigenvalue weighted by atomic mass is 10.1. The van der Waals surface area contributed by atoms with Gasteiger partial charge < -0.3 is 0 Å². The van der Waals surface area contributed by atoms with E-state index in [4.69, 9.17) is 5.26 Å². The zero-order chi connectivity index (χ0) is 8.27. The van der Waals surface area contributed by atoms with Crippen molar-refractivity contribution in [1.29, 1.82) is 5.26 Å². The highest BCUT2D eigenvalue weighted by Gasteiger charge is 1.97. The van der Waals surface area contributed by atoms with Crippen molar-refractivity contribution in [2.45, 2.75) is 6.92 Å². The first-order valence-corrected chi connectivity index (χ1v) is 3.12. The van der Waals surface area contributed by atoms with Gasteiger partial charge >= 0.3 is 0 Å². The van der Waals surface area contributed by atoms with Crippen LogP contribution in [-0.2, 0) is 0 Å². The minimum atomic E-state index is 0.363. The Bertz CT molecular complexity index is 325. The minimum absolute atomic E-state index is 0.363. The van der Waals surface area contributed by atoms with Gasteiger partial charge in [0.2, 0.25) is 0 Å². The molecule has 0 aliphatic heterocycles. The molecule has 0 saturated heterocycles. The third kappa shape index (κ3) is 1.41. The molecular formula is C8H6N2O. The van der Waals surface area contributed by atoms with Gasteiger partial charge in [-0.25, -0.2) is 0 Å². The van der Waals surface area contributed by atoms with Gasteiger partial charge in [-0.15, -0.1) is 4.91 Å². The lowest BCUT2D eigenvalue weighted by Crippen LogP contribution is -1.79. The van der Waals surface area contributed by atoms with Crippen LogP contribution >= 0.6 is 0 Å². The van der Waals surface area contributed by atoms with Crippen molar-refractivity contribution in [3.05, 3.63) is 34.2 Å². The summed E-state index contributed by atoms with van der Waals surface area (Å²) < 4.78 is 0. The van der Waals surface area contributed by atoms with E-state index < -0.39 is 0 Å². The molecule has 0 saturated carbocycles. The fraction of sp³-hybridized carbons (Fsp3) is 0.125. The number of hydrogen-bond acceptors (Lipinski definition) is 3. The molecule has 3 heteroatoms. The maximum absolute atomic E-state index is 10.0. The van der Waals surface area contributed by atoms with Crippen molar-refractivity contribution < 1.29 is 0 Å². The molecule has 1 aromatic rings. The molecule has 0 amide bonds. The van der Waals surface area contributed by atoms with Gasteiger partial charge in [-0.3, -0.25) is 0 Å². The van der Waals surface area contributed by atoms with Gasteiger partial charge in [0.15, 0.2) is 0 Å². The molecule has 0 aliphatic rings. The molecule has 0 unspecified atom stereocenters. The fourth-order valence-corrected chi connectivity index (χ4v) is 0.830. The molecule has 0 bridgehead atoms. The van der Waals surface area contributed by atoms with Crippen LogP contribution in [0, 0.1) is 23.2 Å². The lowest BCUT2D eigenvalue weighted by Gasteiger charge is -1.94. The van der Waals surface area contributed by atoms with E-state index in [1.165, 1.54) is 6.07 Å². The summed E-state index contributed by atoms with van der Waals surface area (Å²) in [5.74, 6) is 0. The minimum Gasteiger partial charge on any atom is -0.192 e. The number of hydrogen-bond donors (Lipinski definition) is 0. The number of rotatable bonds is 1. The summed E-state index contributed by atoms with van der Waals surface area (Å²) in [5, 5.41) is 11.3. The van der Waals surface area contributed by atoms with Gasteiger partial charge in [0.1, 0.15) is 5.69 Å². The fourth-order valence-electron chi connectivity index (χ4n) is 0.830. The van der Waals surface area contributed by atoms with Crippen LogP contribution < -0.4 is 0 Å². The van der Waals surface area contributed by atoms with Gasteiger partial charge in [-0.1, -0.05) is 0 Å². The second-order valence-corrected chi connectivity index (χ2v) is 2.20. The highest BCUT2D eigenvalue weighted by molar-refractivity contribution is 5.47. The third-order valence-electron chi connectivity index (χ3n) is 1.44. The number of nitriles is 1. The molecule has 11 heavy (non-hydrogen) atoms. The summed E-state index contributed by atoms with van der Waals surface area (Å²) in [6.45, 7) is 1.77. The quantitative estimate of drug-likeness (QED) is 0.570. The van der Waals surface area contributed by atoms with E-state index in [2.05, 4.69) is 5.18 Å². The summed E-state index contributed by atoms with van der Waals surface area (Å²) in [5.41, 5.74) is 1.73. The topological polar surface area (TPSA) is 53.2 Å². The summed E-state index contributed by atoms with van der Waals surface area (Å²) in [6, 6.07) is 6.71. The Morgan fingerprint density at radius 2 is 2.27 bits per heavy atom. The van der Waals surface area contributed by atoms with Crippen LogP contribution in [0.25, 0.3) is 0 Å². The second-order valence-electron chi connectivity index (χ2n) is 2.20. The summed E-state index contributed by atoms with van der Waals surface area (Å²) in [4.78, 5) is 10.0. The molecule has 0 atom stereocenters. The Balaban J connectivity index is 3.22. The zero-order valence-corrected chi connectivity index (χ0v) is 6.03. The number of benzene rings is 1. The van der Waals surface area contributed by atoms with Crippen LogP contribution in [-0.4, -0.2) is 0 Å². The van der Waals surface area contributed by atoms with Gasteiger partial charge in [-0.05, 0) is 35.9 Å². The average molecular weight is 146 g/mol. The lowest BCUT2D eigenvalue weighted by molar-refractivity contribution is 1.37. The number of nitrogens with zero attached hydrogens (tertiary/aromatic N) is 2. The van der Waals surface area contributed by atoms with Gasteiger partial charge in [0.25, 0.3) is 0 Å². The molecule has 0 heterocycles. The smallest absolute Gasteiger partial charge is 0.108 e. The van der Waals surface area contributed by atoms with Crippen LogP contribution in [0.2, 0.25) is 0 Å². The summed E-state index contributed by atoms with van der Waals surface area (Å²) in [6.07, 6.45) is 0. The molecule has 0 fully saturated rings. The molecule has 3 nitrogen and oxygen atoms in total. The molecule has 0 radical (unpaired) electrons. The molecule has 1 rings (SSSR count). The van der Waals surface area contributed by atoms with E-state index in [0.717, 1.165) is 5.56 Å². The van der Waals surface area contributed by atoms with E-state index in [1.807, 2.05) is 6.07 Å². The zero-order valence-electron chi connectivity index (χ0n) is 6.03. The Morgan fingerprint density at radius 3 is 2.73 bits per heavy atom. The maximum atomic E-state index is 10.0. The van der Waals surface area contributed by atoms with Crippen LogP contribution in [0.4, 0.5) is 5.69 Å². The van der Waals surface area contributed by atoms with Crippen molar-refractivity contribution in [1.82, 2.24) is 0 Å². The second kappa shape index (κ2) is 2.93. The Hall–Kier alpha value is -1.69. The summed E-state index contributed by atoms with van der Waals surface area (Å²) in [7, 11) is 0. The van der Waals surface area contributed by atoms with Gasteiger partial charge in [-0.2, -0.15) is 5.26 Å². The van der Waals surface area contributed by atoms with E-state index in [1.54, 1.807) is 19.1 Å². The summed E-state index contributed by atoms with van der Waals surface area (Å²) >= 11 is 0. The molecular weight excluding hydrogens is 140 g/mol. The largest absolute Gasteiger partial charge is 0.192 e. The van der Waals surface area contributed by atoms with Crippen molar-refractivity contribution in [2.75, 3.05) is 0 Å². The molecule has 54 valence electrons. The molecule has 0 spiro atoms. The first-order chi connectivity index (χ1) is 5.27.